The molecule has 0 N–H and O–H groups in total. The number of rotatable bonds is 3. The summed E-state index contributed by atoms with van der Waals surface area (Å²) in [6, 6.07) is 0. The third-order valence-corrected chi connectivity index (χ3v) is 1.24. The lowest BCUT2D eigenvalue weighted by atomic mass is 10.3. The summed E-state index contributed by atoms with van der Waals surface area (Å²) in [5.41, 5.74) is 0. The summed E-state index contributed by atoms with van der Waals surface area (Å²) in [4.78, 5) is 0. The molecule has 0 aromatic carbocycles. The second-order valence-electron chi connectivity index (χ2n) is 1.66. The van der Waals surface area contributed by atoms with Gasteiger partial charge in [0.05, 0.1) is 0 Å². The molecule has 0 fully saturated rings. The highest BCUT2D eigenvalue weighted by Crippen LogP contribution is 2.05. The van der Waals surface area contributed by atoms with Gasteiger partial charge in [-0.1, -0.05) is 12.2 Å². The van der Waals surface area contributed by atoms with Gasteiger partial charge in [0, 0.05) is 0 Å². The molecule has 0 aliphatic rings. The Hall–Kier alpha value is 0.210. The Bertz CT molecular complexity index is 88.6. The minimum atomic E-state index is 1.10. The van der Waals surface area contributed by atoms with Crippen LogP contribution in [-0.2, 0) is 0 Å². The first-order valence-corrected chi connectivity index (χ1v) is 3.78. The van der Waals surface area contributed by atoms with E-state index in [1.54, 1.807) is 0 Å². The molecule has 8 heavy (non-hydrogen) atoms. The van der Waals surface area contributed by atoms with Crippen molar-refractivity contribution < 1.29 is 0 Å². The van der Waals surface area contributed by atoms with E-state index >= 15 is 0 Å². The molecule has 0 aromatic rings. The minimum Gasteiger partial charge on any atom is -0.103 e. The number of hydrogen-bond donors (Lipinski definition) is 0. The smallest absolute Gasteiger partial charge is 0.0165 e. The van der Waals surface area contributed by atoms with Crippen LogP contribution in [0.1, 0.15) is 19.8 Å². The lowest BCUT2D eigenvalue weighted by Crippen LogP contribution is -1.62. The molecule has 0 rings (SSSR count). The zero-order valence-corrected chi connectivity index (χ0v) is 7.31. The van der Waals surface area contributed by atoms with Gasteiger partial charge in [0.25, 0.3) is 0 Å². The standard InChI is InChI=1S/C7H11I/c1-3-4-5-6-7(2)8/h3,6H,1,4-5H2,2H3/b7-6-. The van der Waals surface area contributed by atoms with E-state index in [1.165, 1.54) is 3.58 Å². The zero-order valence-electron chi connectivity index (χ0n) is 5.15. The van der Waals surface area contributed by atoms with Crippen LogP contribution >= 0.6 is 22.6 Å². The summed E-state index contributed by atoms with van der Waals surface area (Å²) in [5.74, 6) is 0. The molecule has 0 radical (unpaired) electrons. The number of allylic oxidation sites excluding steroid dienone is 3. The van der Waals surface area contributed by atoms with Gasteiger partial charge in [-0.25, -0.2) is 0 Å². The fraction of sp³-hybridized carbons (Fsp3) is 0.429. The Kier molecular flexibility index (Phi) is 5.49. The van der Waals surface area contributed by atoms with Gasteiger partial charge in [-0.2, -0.15) is 0 Å². The first kappa shape index (κ1) is 8.21. The lowest BCUT2D eigenvalue weighted by Gasteiger charge is -1.84. The van der Waals surface area contributed by atoms with Crippen molar-refractivity contribution in [3.63, 3.8) is 0 Å². The fourth-order valence-corrected chi connectivity index (χ4v) is 0.711. The van der Waals surface area contributed by atoms with Crippen LogP contribution in [-0.4, -0.2) is 0 Å². The Morgan fingerprint density at radius 3 is 2.62 bits per heavy atom. The van der Waals surface area contributed by atoms with Crippen LogP contribution in [0.2, 0.25) is 0 Å². The van der Waals surface area contributed by atoms with Crippen LogP contribution in [0, 0.1) is 0 Å². The quantitative estimate of drug-likeness (QED) is 0.390. The van der Waals surface area contributed by atoms with Crippen molar-refractivity contribution in [1.29, 1.82) is 0 Å². The largest absolute Gasteiger partial charge is 0.103 e. The molecular weight excluding hydrogens is 211 g/mol. The molecule has 0 aliphatic carbocycles. The molecule has 0 atom stereocenters. The predicted molar refractivity (Wildman–Crippen MR) is 47.2 cm³/mol. The van der Waals surface area contributed by atoms with Crippen LogP contribution in [0.15, 0.2) is 22.3 Å². The highest BCUT2D eigenvalue weighted by atomic mass is 127. The highest BCUT2D eigenvalue weighted by molar-refractivity contribution is 14.1. The van der Waals surface area contributed by atoms with Crippen molar-refractivity contribution in [2.75, 3.05) is 0 Å². The Morgan fingerprint density at radius 1 is 1.62 bits per heavy atom. The van der Waals surface area contributed by atoms with Gasteiger partial charge in [-0.15, -0.1) is 6.58 Å². The Labute approximate surface area is 64.8 Å². The average molecular weight is 222 g/mol. The van der Waals surface area contributed by atoms with Crippen LogP contribution in [0.25, 0.3) is 0 Å². The van der Waals surface area contributed by atoms with E-state index in [1.807, 2.05) is 6.08 Å². The monoisotopic (exact) mass is 222 g/mol. The number of halogens is 1. The van der Waals surface area contributed by atoms with Gasteiger partial charge in [-0.05, 0) is 45.9 Å². The molecule has 0 aromatic heterocycles. The lowest BCUT2D eigenvalue weighted by molar-refractivity contribution is 1.05. The molecule has 0 nitrogen and oxygen atoms in total. The maximum atomic E-state index is 3.63. The van der Waals surface area contributed by atoms with Crippen LogP contribution < -0.4 is 0 Å². The summed E-state index contributed by atoms with van der Waals surface area (Å²) in [6.45, 7) is 5.73. The summed E-state index contributed by atoms with van der Waals surface area (Å²) in [7, 11) is 0. The second kappa shape index (κ2) is 5.35. The molecule has 1 heteroatoms. The van der Waals surface area contributed by atoms with Crippen molar-refractivity contribution >= 4 is 22.6 Å². The molecule has 0 spiro atoms. The molecule has 0 heterocycles. The average Bonchev–Trinajstić information content (AvgIpc) is 1.66. The van der Waals surface area contributed by atoms with Crippen LogP contribution in [0.3, 0.4) is 0 Å². The third-order valence-electron chi connectivity index (χ3n) is 0.796. The van der Waals surface area contributed by atoms with Crippen molar-refractivity contribution in [3.8, 4) is 0 Å². The van der Waals surface area contributed by atoms with Crippen molar-refractivity contribution in [1.82, 2.24) is 0 Å². The van der Waals surface area contributed by atoms with Crippen molar-refractivity contribution in [3.05, 3.63) is 22.3 Å². The van der Waals surface area contributed by atoms with Gasteiger partial charge >= 0.3 is 0 Å². The Balaban J connectivity index is 3.15. The first-order chi connectivity index (χ1) is 3.77. The van der Waals surface area contributed by atoms with E-state index in [4.69, 9.17) is 0 Å². The molecule has 0 unspecified atom stereocenters. The Morgan fingerprint density at radius 2 is 2.25 bits per heavy atom. The maximum absolute atomic E-state index is 3.63. The predicted octanol–water partition coefficient (Wildman–Crippen LogP) is 3.29. The van der Waals surface area contributed by atoms with E-state index in [9.17, 15) is 0 Å². The number of unbranched alkanes of at least 4 members (excludes halogenated alkanes) is 1. The van der Waals surface area contributed by atoms with Gasteiger partial charge < -0.3 is 0 Å². The minimum absolute atomic E-state index is 1.10. The molecule has 46 valence electrons. The van der Waals surface area contributed by atoms with E-state index in [0.717, 1.165) is 12.8 Å². The fourth-order valence-electron chi connectivity index (χ4n) is 0.400. The highest BCUT2D eigenvalue weighted by Gasteiger charge is 1.76. The van der Waals surface area contributed by atoms with Crippen LogP contribution in [0.5, 0.6) is 0 Å². The second-order valence-corrected chi connectivity index (χ2v) is 3.36. The third kappa shape index (κ3) is 6.21. The topological polar surface area (TPSA) is 0 Å². The van der Waals surface area contributed by atoms with Gasteiger partial charge in [-0.3, -0.25) is 0 Å². The molecule has 0 aliphatic heterocycles. The molecule has 0 amide bonds. The summed E-state index contributed by atoms with van der Waals surface area (Å²) in [6.07, 6.45) is 6.39. The van der Waals surface area contributed by atoms with E-state index < -0.39 is 0 Å². The summed E-state index contributed by atoms with van der Waals surface area (Å²) in [5, 5.41) is 0. The van der Waals surface area contributed by atoms with Crippen LogP contribution in [0.4, 0.5) is 0 Å². The zero-order chi connectivity index (χ0) is 6.41. The van der Waals surface area contributed by atoms with E-state index in [-0.39, 0.29) is 0 Å². The SMILES string of the molecule is C=CCC/C=C(/C)I. The van der Waals surface area contributed by atoms with E-state index in [2.05, 4.69) is 42.2 Å². The molecular formula is C7H11I. The number of hydrogen-bond acceptors (Lipinski definition) is 0. The summed E-state index contributed by atoms with van der Waals surface area (Å²) >= 11 is 2.31. The normalized spacial score (nSPS) is 11.5. The molecule has 0 bridgehead atoms. The van der Waals surface area contributed by atoms with Gasteiger partial charge in [0.2, 0.25) is 0 Å². The van der Waals surface area contributed by atoms with Gasteiger partial charge in [0.15, 0.2) is 0 Å². The van der Waals surface area contributed by atoms with Gasteiger partial charge in [0.1, 0.15) is 0 Å². The first-order valence-electron chi connectivity index (χ1n) is 2.70. The summed E-state index contributed by atoms with van der Waals surface area (Å²) < 4.78 is 1.37. The molecule has 0 saturated heterocycles. The maximum Gasteiger partial charge on any atom is -0.0165 e. The van der Waals surface area contributed by atoms with E-state index in [0.29, 0.717) is 0 Å². The van der Waals surface area contributed by atoms with Crippen molar-refractivity contribution in [2.24, 2.45) is 0 Å². The molecule has 0 saturated carbocycles. The van der Waals surface area contributed by atoms with Crippen molar-refractivity contribution in [2.45, 2.75) is 19.8 Å².